The van der Waals surface area contributed by atoms with E-state index in [1.165, 1.54) is 31.6 Å². The average Bonchev–Trinajstić information content (AvgIpc) is 3.19. The van der Waals surface area contributed by atoms with Crippen molar-refractivity contribution in [3.63, 3.8) is 0 Å². The molecule has 1 aromatic heterocycles. The molecule has 0 spiro atoms. The molecule has 2 aromatic carbocycles. The van der Waals surface area contributed by atoms with E-state index in [0.717, 1.165) is 0 Å². The number of hydrogen-bond acceptors (Lipinski definition) is 5. The minimum atomic E-state index is -3.86. The molecule has 1 amide bonds. The maximum atomic E-state index is 12.6. The van der Waals surface area contributed by atoms with Gasteiger partial charge in [-0.05, 0) is 42.5 Å². The Hall–Kier alpha value is -3.26. The molecule has 0 bridgehead atoms. The third kappa shape index (κ3) is 4.68. The molecule has 3 aromatic rings. The van der Waals surface area contributed by atoms with Crippen molar-refractivity contribution < 1.29 is 22.4 Å². The largest absolute Gasteiger partial charge is 0.497 e. The number of nitrogens with one attached hydrogen (secondary N) is 2. The Morgan fingerprint density at radius 3 is 2.63 bits per heavy atom. The maximum absolute atomic E-state index is 12.6. The van der Waals surface area contributed by atoms with Crippen LogP contribution in [0.5, 0.6) is 5.75 Å². The highest BCUT2D eigenvalue weighted by Gasteiger charge is 2.17. The highest BCUT2D eigenvalue weighted by Crippen LogP contribution is 2.21. The molecule has 0 aliphatic rings. The SMILES string of the molecule is COc1cccc(NS(=O)(=O)c2cccc(C(=O)NCc3ccco3)c2)c1. The van der Waals surface area contributed by atoms with Gasteiger partial charge in [0.1, 0.15) is 11.5 Å². The van der Waals surface area contributed by atoms with Gasteiger partial charge in [0.2, 0.25) is 0 Å². The first-order valence-electron chi connectivity index (χ1n) is 8.05. The Balaban J connectivity index is 1.75. The highest BCUT2D eigenvalue weighted by molar-refractivity contribution is 7.92. The van der Waals surface area contributed by atoms with Gasteiger partial charge in [0.15, 0.2) is 0 Å². The first kappa shape index (κ1) is 18.5. The number of carbonyl (C=O) groups excluding carboxylic acids is 1. The summed E-state index contributed by atoms with van der Waals surface area (Å²) in [4.78, 5) is 12.3. The number of furan rings is 1. The van der Waals surface area contributed by atoms with Crippen molar-refractivity contribution in [3.05, 3.63) is 78.3 Å². The van der Waals surface area contributed by atoms with E-state index in [4.69, 9.17) is 9.15 Å². The lowest BCUT2D eigenvalue weighted by atomic mass is 10.2. The summed E-state index contributed by atoms with van der Waals surface area (Å²) in [5.74, 6) is 0.734. The Labute approximate surface area is 157 Å². The number of hydrogen-bond donors (Lipinski definition) is 2. The molecule has 0 aliphatic carbocycles. The van der Waals surface area contributed by atoms with Crippen molar-refractivity contribution >= 4 is 21.6 Å². The van der Waals surface area contributed by atoms with Crippen molar-refractivity contribution in [1.82, 2.24) is 5.32 Å². The lowest BCUT2D eigenvalue weighted by molar-refractivity contribution is 0.0948. The number of amides is 1. The number of methoxy groups -OCH3 is 1. The van der Waals surface area contributed by atoms with Crippen LogP contribution in [0.25, 0.3) is 0 Å². The minimum Gasteiger partial charge on any atom is -0.497 e. The summed E-state index contributed by atoms with van der Waals surface area (Å²) in [6.45, 7) is 0.213. The Morgan fingerprint density at radius 1 is 1.07 bits per heavy atom. The van der Waals surface area contributed by atoms with Gasteiger partial charge in [-0.1, -0.05) is 12.1 Å². The number of carbonyl (C=O) groups is 1. The van der Waals surface area contributed by atoms with E-state index in [-0.39, 0.29) is 17.0 Å². The quantitative estimate of drug-likeness (QED) is 0.650. The van der Waals surface area contributed by atoms with Crippen LogP contribution in [0.2, 0.25) is 0 Å². The van der Waals surface area contributed by atoms with E-state index >= 15 is 0 Å². The predicted molar refractivity (Wildman–Crippen MR) is 100 cm³/mol. The second-order valence-electron chi connectivity index (χ2n) is 5.63. The predicted octanol–water partition coefficient (Wildman–Crippen LogP) is 3.02. The van der Waals surface area contributed by atoms with Crippen molar-refractivity contribution in [1.29, 1.82) is 0 Å². The maximum Gasteiger partial charge on any atom is 0.261 e. The first-order chi connectivity index (χ1) is 13.0. The van der Waals surface area contributed by atoms with E-state index in [9.17, 15) is 13.2 Å². The van der Waals surface area contributed by atoms with Gasteiger partial charge in [-0.2, -0.15) is 0 Å². The molecule has 0 fully saturated rings. The zero-order valence-corrected chi connectivity index (χ0v) is 15.3. The van der Waals surface area contributed by atoms with Gasteiger partial charge < -0.3 is 14.5 Å². The molecule has 0 unspecified atom stereocenters. The van der Waals surface area contributed by atoms with Gasteiger partial charge >= 0.3 is 0 Å². The Bertz CT molecular complexity index is 1030. The Morgan fingerprint density at radius 2 is 1.89 bits per heavy atom. The van der Waals surface area contributed by atoms with Crippen LogP contribution < -0.4 is 14.8 Å². The molecule has 0 saturated heterocycles. The van der Waals surface area contributed by atoms with Gasteiger partial charge in [0, 0.05) is 11.6 Å². The van der Waals surface area contributed by atoms with Crippen molar-refractivity contribution in [2.45, 2.75) is 11.4 Å². The van der Waals surface area contributed by atoms with Crippen LogP contribution in [0.4, 0.5) is 5.69 Å². The topological polar surface area (TPSA) is 97.6 Å². The molecule has 1 heterocycles. The number of rotatable bonds is 7. The van der Waals surface area contributed by atoms with Crippen LogP contribution in [0, 0.1) is 0 Å². The molecule has 0 saturated carbocycles. The smallest absolute Gasteiger partial charge is 0.261 e. The normalized spacial score (nSPS) is 11.0. The molecule has 27 heavy (non-hydrogen) atoms. The summed E-state index contributed by atoms with van der Waals surface area (Å²) >= 11 is 0. The van der Waals surface area contributed by atoms with Crippen LogP contribution in [0.3, 0.4) is 0 Å². The molecular weight excluding hydrogens is 368 g/mol. The number of ether oxygens (including phenoxy) is 1. The molecule has 2 N–H and O–H groups in total. The molecule has 3 rings (SSSR count). The zero-order chi connectivity index (χ0) is 19.3. The fourth-order valence-corrected chi connectivity index (χ4v) is 3.48. The molecule has 0 aliphatic heterocycles. The molecule has 0 atom stereocenters. The van der Waals surface area contributed by atoms with Crippen molar-refractivity contribution in [3.8, 4) is 5.75 Å². The second-order valence-corrected chi connectivity index (χ2v) is 7.31. The monoisotopic (exact) mass is 386 g/mol. The van der Waals surface area contributed by atoms with Gasteiger partial charge in [-0.3, -0.25) is 9.52 Å². The molecule has 140 valence electrons. The first-order valence-corrected chi connectivity index (χ1v) is 9.54. The molecule has 0 radical (unpaired) electrons. The highest BCUT2D eigenvalue weighted by atomic mass is 32.2. The summed E-state index contributed by atoms with van der Waals surface area (Å²) in [6.07, 6.45) is 1.51. The second kappa shape index (κ2) is 7.96. The van der Waals surface area contributed by atoms with Crippen LogP contribution in [-0.2, 0) is 16.6 Å². The zero-order valence-electron chi connectivity index (χ0n) is 14.5. The van der Waals surface area contributed by atoms with Gasteiger partial charge in [0.05, 0.1) is 30.5 Å². The summed E-state index contributed by atoms with van der Waals surface area (Å²) in [5.41, 5.74) is 0.595. The average molecular weight is 386 g/mol. The Kier molecular flexibility index (Phi) is 5.46. The summed E-state index contributed by atoms with van der Waals surface area (Å²) in [6, 6.07) is 15.8. The fraction of sp³-hybridized carbons (Fsp3) is 0.105. The fourth-order valence-electron chi connectivity index (χ4n) is 2.39. The summed E-state index contributed by atoms with van der Waals surface area (Å²) in [7, 11) is -2.36. The summed E-state index contributed by atoms with van der Waals surface area (Å²) in [5, 5.41) is 2.68. The molecule has 7 nitrogen and oxygen atoms in total. The molecule has 8 heteroatoms. The van der Waals surface area contributed by atoms with Gasteiger partial charge in [-0.15, -0.1) is 0 Å². The van der Waals surface area contributed by atoms with Crippen molar-refractivity contribution in [2.24, 2.45) is 0 Å². The van der Waals surface area contributed by atoms with Crippen molar-refractivity contribution in [2.75, 3.05) is 11.8 Å². The molecular formula is C19H18N2O5S. The van der Waals surface area contributed by atoms with Gasteiger partial charge in [0.25, 0.3) is 15.9 Å². The van der Waals surface area contributed by atoms with Crippen LogP contribution in [0.1, 0.15) is 16.1 Å². The van der Waals surface area contributed by atoms with E-state index in [0.29, 0.717) is 17.2 Å². The third-order valence-electron chi connectivity index (χ3n) is 3.73. The standard InChI is InChI=1S/C19H18N2O5S/c1-25-16-7-3-6-15(12-16)21-27(23,24)18-9-2-5-14(11-18)19(22)20-13-17-8-4-10-26-17/h2-12,21H,13H2,1H3,(H,20,22). The lowest BCUT2D eigenvalue weighted by Crippen LogP contribution is -2.23. The minimum absolute atomic E-state index is 0.0176. The number of benzene rings is 2. The van der Waals surface area contributed by atoms with E-state index in [1.807, 2.05) is 0 Å². The number of sulfonamides is 1. The van der Waals surface area contributed by atoms with Gasteiger partial charge in [-0.25, -0.2) is 8.42 Å². The number of anilines is 1. The third-order valence-corrected chi connectivity index (χ3v) is 5.11. The van der Waals surface area contributed by atoms with E-state index in [1.54, 1.807) is 42.5 Å². The lowest BCUT2D eigenvalue weighted by Gasteiger charge is -2.10. The van der Waals surface area contributed by atoms with E-state index < -0.39 is 15.9 Å². The van der Waals surface area contributed by atoms with Crippen LogP contribution in [-0.4, -0.2) is 21.4 Å². The van der Waals surface area contributed by atoms with Crippen LogP contribution in [0.15, 0.2) is 76.2 Å². The summed E-state index contributed by atoms with van der Waals surface area (Å²) < 4.78 is 38.0. The van der Waals surface area contributed by atoms with Crippen LogP contribution >= 0.6 is 0 Å². The van der Waals surface area contributed by atoms with E-state index in [2.05, 4.69) is 10.0 Å².